The molecule has 1 aromatic rings. The molecule has 2 atom stereocenters. The van der Waals surface area contributed by atoms with E-state index in [0.29, 0.717) is 5.92 Å². The van der Waals surface area contributed by atoms with Gasteiger partial charge in [-0.2, -0.15) is 0 Å². The van der Waals surface area contributed by atoms with E-state index in [9.17, 15) is 0 Å². The van der Waals surface area contributed by atoms with Gasteiger partial charge in [0.1, 0.15) is 0 Å². The Kier molecular flexibility index (Phi) is 3.03. The lowest BCUT2D eigenvalue weighted by molar-refractivity contribution is 0.472. The second-order valence-electron chi connectivity index (χ2n) is 4.21. The molecule has 15 heavy (non-hydrogen) atoms. The first-order valence-corrected chi connectivity index (χ1v) is 5.49. The van der Waals surface area contributed by atoms with Crippen LogP contribution in [0.15, 0.2) is 30.3 Å². The van der Waals surface area contributed by atoms with E-state index >= 15 is 0 Å². The number of hydrogen-bond donors (Lipinski definition) is 1. The Morgan fingerprint density at radius 2 is 2.00 bits per heavy atom. The molecule has 0 heterocycles. The summed E-state index contributed by atoms with van der Waals surface area (Å²) < 4.78 is 0. The molecule has 1 N–H and O–H groups in total. The Balaban J connectivity index is 1.97. The molecule has 0 saturated heterocycles. The smallest absolute Gasteiger partial charge is 0.280 e. The number of nitrogens with zero attached hydrogens (tertiary/aromatic N) is 1. The fraction of sp³-hybridized carbons (Fsp3) is 0.462. The fourth-order valence-corrected chi connectivity index (χ4v) is 1.78. The molecule has 0 radical (unpaired) electrons. The minimum absolute atomic E-state index is 0.0141. The SMILES string of the molecule is [C-]#[N+][C@@H](N[C@@H](C)c1ccccc1)C1CC1. The third kappa shape index (κ3) is 2.57. The monoisotopic (exact) mass is 200 g/mol. The van der Waals surface area contributed by atoms with Crippen molar-refractivity contribution in [2.75, 3.05) is 0 Å². The van der Waals surface area contributed by atoms with Crippen molar-refractivity contribution in [3.05, 3.63) is 47.3 Å². The zero-order valence-electron chi connectivity index (χ0n) is 8.98. The Morgan fingerprint density at radius 1 is 1.33 bits per heavy atom. The van der Waals surface area contributed by atoms with E-state index in [1.165, 1.54) is 18.4 Å². The van der Waals surface area contributed by atoms with E-state index in [4.69, 9.17) is 6.57 Å². The summed E-state index contributed by atoms with van der Waals surface area (Å²) in [4.78, 5) is 3.65. The van der Waals surface area contributed by atoms with Crippen molar-refractivity contribution >= 4 is 0 Å². The maximum absolute atomic E-state index is 7.15. The Morgan fingerprint density at radius 3 is 2.53 bits per heavy atom. The van der Waals surface area contributed by atoms with Crippen LogP contribution in [0.4, 0.5) is 0 Å². The molecular weight excluding hydrogens is 184 g/mol. The zero-order valence-corrected chi connectivity index (χ0v) is 8.98. The van der Waals surface area contributed by atoms with Crippen LogP contribution in [0.1, 0.15) is 31.4 Å². The average Bonchev–Trinajstić information content (AvgIpc) is 3.10. The molecule has 1 saturated carbocycles. The van der Waals surface area contributed by atoms with Crippen LogP contribution in [0.25, 0.3) is 4.85 Å². The maximum Gasteiger partial charge on any atom is 0.280 e. The molecule has 2 nitrogen and oxygen atoms in total. The summed E-state index contributed by atoms with van der Waals surface area (Å²) in [5.74, 6) is 0.591. The van der Waals surface area contributed by atoms with E-state index in [-0.39, 0.29) is 12.2 Å². The molecule has 2 rings (SSSR count). The molecule has 0 bridgehead atoms. The summed E-state index contributed by atoms with van der Waals surface area (Å²) in [7, 11) is 0. The molecule has 0 aromatic heterocycles. The van der Waals surface area contributed by atoms with Crippen LogP contribution in [0, 0.1) is 12.5 Å². The second kappa shape index (κ2) is 4.46. The van der Waals surface area contributed by atoms with Crippen LogP contribution < -0.4 is 5.32 Å². The lowest BCUT2D eigenvalue weighted by Gasteiger charge is -2.15. The molecule has 1 aliphatic rings. The van der Waals surface area contributed by atoms with E-state index in [2.05, 4.69) is 29.2 Å². The normalized spacial score (nSPS) is 19.2. The third-order valence-electron chi connectivity index (χ3n) is 2.93. The van der Waals surface area contributed by atoms with Crippen molar-refractivity contribution in [1.82, 2.24) is 5.32 Å². The number of benzene rings is 1. The largest absolute Gasteiger partial charge is 0.296 e. The lowest BCUT2D eigenvalue weighted by atomic mass is 10.1. The number of rotatable bonds is 4. The molecule has 1 aliphatic carbocycles. The standard InChI is InChI=1S/C13H16N2/c1-10(11-6-4-3-5-7-11)15-13(14-2)12-8-9-12/h3-7,10,12-13,15H,8-9H2,1H3/t10-,13-/m0/s1. The van der Waals surface area contributed by atoms with Gasteiger partial charge in [-0.15, -0.1) is 0 Å². The quantitative estimate of drug-likeness (QED) is 0.739. The highest BCUT2D eigenvalue weighted by atomic mass is 15.1. The van der Waals surface area contributed by atoms with Crippen LogP contribution >= 0.6 is 0 Å². The highest BCUT2D eigenvalue weighted by molar-refractivity contribution is 5.18. The zero-order chi connectivity index (χ0) is 10.7. The summed E-state index contributed by atoms with van der Waals surface area (Å²) in [5.41, 5.74) is 1.26. The highest BCUT2D eigenvalue weighted by Crippen LogP contribution is 2.34. The molecule has 0 aliphatic heterocycles. The first-order valence-electron chi connectivity index (χ1n) is 5.49. The molecular formula is C13H16N2. The van der Waals surface area contributed by atoms with Crippen molar-refractivity contribution in [2.24, 2.45) is 5.92 Å². The van der Waals surface area contributed by atoms with E-state index < -0.39 is 0 Å². The third-order valence-corrected chi connectivity index (χ3v) is 2.93. The molecule has 2 heteroatoms. The van der Waals surface area contributed by atoms with Gasteiger partial charge in [0.05, 0.1) is 0 Å². The molecule has 1 fully saturated rings. The van der Waals surface area contributed by atoms with Crippen molar-refractivity contribution in [1.29, 1.82) is 0 Å². The lowest BCUT2D eigenvalue weighted by Crippen LogP contribution is -2.30. The van der Waals surface area contributed by atoms with E-state index in [0.717, 1.165) is 0 Å². The van der Waals surface area contributed by atoms with Crippen molar-refractivity contribution in [3.63, 3.8) is 0 Å². The molecule has 78 valence electrons. The Bertz CT molecular complexity index is 349. The summed E-state index contributed by atoms with van der Waals surface area (Å²) >= 11 is 0. The van der Waals surface area contributed by atoms with Gasteiger partial charge in [-0.1, -0.05) is 30.3 Å². The van der Waals surface area contributed by atoms with Gasteiger partial charge in [0.25, 0.3) is 6.17 Å². The maximum atomic E-state index is 7.15. The van der Waals surface area contributed by atoms with Gasteiger partial charge >= 0.3 is 0 Å². The molecule has 0 amide bonds. The van der Waals surface area contributed by atoms with Crippen molar-refractivity contribution in [3.8, 4) is 0 Å². The van der Waals surface area contributed by atoms with Gasteiger partial charge in [-0.25, -0.2) is 11.9 Å². The predicted molar refractivity (Wildman–Crippen MR) is 61.1 cm³/mol. The van der Waals surface area contributed by atoms with Crippen LogP contribution in [0.3, 0.4) is 0 Å². The minimum Gasteiger partial charge on any atom is -0.296 e. The second-order valence-corrected chi connectivity index (χ2v) is 4.21. The van der Waals surface area contributed by atoms with Gasteiger partial charge in [0.2, 0.25) is 0 Å². The van der Waals surface area contributed by atoms with Crippen LogP contribution in [-0.4, -0.2) is 6.17 Å². The van der Waals surface area contributed by atoms with Gasteiger partial charge in [0, 0.05) is 12.0 Å². The summed E-state index contributed by atoms with van der Waals surface area (Å²) in [5, 5.41) is 3.39. The van der Waals surface area contributed by atoms with Crippen LogP contribution in [0.2, 0.25) is 0 Å². The summed E-state index contributed by atoms with van der Waals surface area (Å²) in [6.45, 7) is 9.27. The molecule has 0 unspecified atom stereocenters. The number of hydrogen-bond acceptors (Lipinski definition) is 1. The average molecular weight is 200 g/mol. The van der Waals surface area contributed by atoms with E-state index in [1.54, 1.807) is 0 Å². The highest BCUT2D eigenvalue weighted by Gasteiger charge is 2.36. The first-order chi connectivity index (χ1) is 7.31. The summed E-state index contributed by atoms with van der Waals surface area (Å²) in [6, 6.07) is 10.6. The molecule has 1 aromatic carbocycles. The Hall–Kier alpha value is -1.33. The van der Waals surface area contributed by atoms with Crippen LogP contribution in [0.5, 0.6) is 0 Å². The minimum atomic E-state index is 0.0141. The van der Waals surface area contributed by atoms with Gasteiger partial charge < -0.3 is 0 Å². The molecule has 0 spiro atoms. The number of nitrogens with one attached hydrogen (secondary N) is 1. The van der Waals surface area contributed by atoms with Gasteiger partial charge in [-0.3, -0.25) is 4.85 Å². The Labute approximate surface area is 91.1 Å². The first kappa shape index (κ1) is 10.2. The van der Waals surface area contributed by atoms with Crippen LogP contribution in [-0.2, 0) is 0 Å². The van der Waals surface area contributed by atoms with Gasteiger partial charge in [0.15, 0.2) is 0 Å². The van der Waals surface area contributed by atoms with Crippen molar-refractivity contribution < 1.29 is 0 Å². The van der Waals surface area contributed by atoms with Crippen molar-refractivity contribution in [2.45, 2.75) is 32.0 Å². The van der Waals surface area contributed by atoms with Gasteiger partial charge in [-0.05, 0) is 25.3 Å². The fourth-order valence-electron chi connectivity index (χ4n) is 1.78. The summed E-state index contributed by atoms with van der Waals surface area (Å²) in [6.07, 6.45) is 2.43. The predicted octanol–water partition coefficient (Wildman–Crippen LogP) is 2.99. The van der Waals surface area contributed by atoms with E-state index in [1.807, 2.05) is 18.2 Å². The topological polar surface area (TPSA) is 16.4 Å².